The first-order valence-electron chi connectivity index (χ1n) is 6.53. The zero-order chi connectivity index (χ0) is 13.0. The molecule has 0 bridgehead atoms. The Morgan fingerprint density at radius 2 is 1.89 bits per heavy atom. The molecule has 1 aliphatic carbocycles. The quantitative estimate of drug-likeness (QED) is 0.693. The van der Waals surface area contributed by atoms with E-state index in [4.69, 9.17) is 9.47 Å². The van der Waals surface area contributed by atoms with Crippen LogP contribution in [0.15, 0.2) is 0 Å². The van der Waals surface area contributed by atoms with Gasteiger partial charge in [-0.25, -0.2) is 0 Å². The molecular formula is C12H20N2O4. The maximum absolute atomic E-state index is 11.4. The molecule has 1 atom stereocenters. The van der Waals surface area contributed by atoms with Gasteiger partial charge in [-0.3, -0.25) is 9.59 Å². The van der Waals surface area contributed by atoms with Gasteiger partial charge in [-0.1, -0.05) is 0 Å². The Morgan fingerprint density at radius 3 is 2.56 bits per heavy atom. The lowest BCUT2D eigenvalue weighted by molar-refractivity contribution is -0.161. The van der Waals surface area contributed by atoms with Crippen molar-refractivity contribution in [2.75, 3.05) is 19.7 Å². The van der Waals surface area contributed by atoms with Crippen LogP contribution in [0.2, 0.25) is 0 Å². The van der Waals surface area contributed by atoms with Crippen LogP contribution in [0.3, 0.4) is 0 Å². The third-order valence-electron chi connectivity index (χ3n) is 3.31. The molecule has 0 unspecified atom stereocenters. The summed E-state index contributed by atoms with van der Waals surface area (Å²) >= 11 is 0. The summed E-state index contributed by atoms with van der Waals surface area (Å²) in [6.45, 7) is 3.01. The van der Waals surface area contributed by atoms with Crippen LogP contribution in [-0.4, -0.2) is 43.4 Å². The number of nitrogens with one attached hydrogen (secondary N) is 2. The van der Waals surface area contributed by atoms with E-state index >= 15 is 0 Å². The van der Waals surface area contributed by atoms with Gasteiger partial charge in [0.25, 0.3) is 0 Å². The van der Waals surface area contributed by atoms with Crippen molar-refractivity contribution >= 4 is 11.8 Å². The highest BCUT2D eigenvalue weighted by Gasteiger charge is 2.43. The molecule has 2 rings (SSSR count). The summed E-state index contributed by atoms with van der Waals surface area (Å²) in [5, 5.41) is 5.01. The Morgan fingerprint density at radius 1 is 1.22 bits per heavy atom. The lowest BCUT2D eigenvalue weighted by atomic mass is 10.2. The Labute approximate surface area is 106 Å². The van der Waals surface area contributed by atoms with Crippen LogP contribution in [0.5, 0.6) is 0 Å². The van der Waals surface area contributed by atoms with Gasteiger partial charge in [-0.05, 0) is 19.8 Å². The first-order valence-corrected chi connectivity index (χ1v) is 6.53. The maximum Gasteiger partial charge on any atom is 0.309 e. The minimum Gasteiger partial charge on any atom is -0.348 e. The fourth-order valence-corrected chi connectivity index (χ4v) is 2.42. The number of carbonyl (C=O) groups is 2. The number of amides is 2. The van der Waals surface area contributed by atoms with Crippen molar-refractivity contribution in [3.63, 3.8) is 0 Å². The highest BCUT2D eigenvalue weighted by Crippen LogP contribution is 2.38. The standard InChI is InChI=1S/C12H20N2O4/c1-2-13-10(15)11(16)14-7-9-8-17-12(18-9)5-3-4-6-12/h9H,2-8H2,1H3,(H,13,15)(H,14,16)/t9-/m1/s1. The van der Waals surface area contributed by atoms with Crippen molar-refractivity contribution in [1.82, 2.24) is 10.6 Å². The van der Waals surface area contributed by atoms with E-state index in [-0.39, 0.29) is 6.10 Å². The molecule has 0 aromatic heterocycles. The summed E-state index contributed by atoms with van der Waals surface area (Å²) in [5.74, 6) is -1.64. The molecule has 2 aliphatic rings. The molecule has 18 heavy (non-hydrogen) atoms. The Hall–Kier alpha value is -1.14. The fraction of sp³-hybridized carbons (Fsp3) is 0.833. The summed E-state index contributed by atoms with van der Waals surface area (Å²) in [7, 11) is 0. The van der Waals surface area contributed by atoms with Crippen molar-refractivity contribution in [1.29, 1.82) is 0 Å². The predicted octanol–water partition coefficient (Wildman–Crippen LogP) is -0.0756. The molecule has 0 radical (unpaired) electrons. The zero-order valence-corrected chi connectivity index (χ0v) is 10.7. The van der Waals surface area contributed by atoms with Crippen molar-refractivity contribution in [2.45, 2.75) is 44.5 Å². The van der Waals surface area contributed by atoms with Crippen molar-refractivity contribution in [2.24, 2.45) is 0 Å². The third-order valence-corrected chi connectivity index (χ3v) is 3.31. The van der Waals surface area contributed by atoms with Crippen LogP contribution in [0, 0.1) is 0 Å². The van der Waals surface area contributed by atoms with Crippen molar-refractivity contribution in [3.05, 3.63) is 0 Å². The minimum absolute atomic E-state index is 0.151. The second kappa shape index (κ2) is 5.67. The summed E-state index contributed by atoms with van der Waals surface area (Å²) in [6.07, 6.45) is 3.94. The molecule has 1 saturated carbocycles. The zero-order valence-electron chi connectivity index (χ0n) is 10.7. The smallest absolute Gasteiger partial charge is 0.309 e. The van der Waals surface area contributed by atoms with E-state index in [1.165, 1.54) is 0 Å². The monoisotopic (exact) mass is 256 g/mol. The number of rotatable bonds is 3. The van der Waals surface area contributed by atoms with Gasteiger partial charge in [0.05, 0.1) is 6.61 Å². The lowest BCUT2D eigenvalue weighted by Crippen LogP contribution is -2.43. The van der Waals surface area contributed by atoms with Gasteiger partial charge < -0.3 is 20.1 Å². The van der Waals surface area contributed by atoms with Gasteiger partial charge in [0.15, 0.2) is 5.79 Å². The van der Waals surface area contributed by atoms with E-state index in [0.29, 0.717) is 19.7 Å². The first-order chi connectivity index (χ1) is 8.65. The number of hydrogen-bond acceptors (Lipinski definition) is 4. The molecule has 1 aliphatic heterocycles. The Balaban J connectivity index is 1.72. The summed E-state index contributed by atoms with van der Waals surface area (Å²) < 4.78 is 11.5. The topological polar surface area (TPSA) is 76.7 Å². The molecular weight excluding hydrogens is 236 g/mol. The van der Waals surface area contributed by atoms with E-state index < -0.39 is 17.6 Å². The average Bonchev–Trinajstić information content (AvgIpc) is 2.98. The molecule has 6 nitrogen and oxygen atoms in total. The fourth-order valence-electron chi connectivity index (χ4n) is 2.42. The van der Waals surface area contributed by atoms with E-state index in [1.54, 1.807) is 6.92 Å². The second-order valence-electron chi connectivity index (χ2n) is 4.74. The number of likely N-dealkylation sites (N-methyl/N-ethyl adjacent to an activating group) is 1. The maximum atomic E-state index is 11.4. The van der Waals surface area contributed by atoms with Crippen molar-refractivity contribution in [3.8, 4) is 0 Å². The van der Waals surface area contributed by atoms with E-state index in [0.717, 1.165) is 25.7 Å². The Kier molecular flexibility index (Phi) is 4.19. The molecule has 0 aromatic rings. The van der Waals surface area contributed by atoms with E-state index in [2.05, 4.69) is 10.6 Å². The van der Waals surface area contributed by atoms with Gasteiger partial charge in [0, 0.05) is 25.9 Å². The molecule has 2 N–H and O–H groups in total. The average molecular weight is 256 g/mol. The van der Waals surface area contributed by atoms with Gasteiger partial charge in [-0.2, -0.15) is 0 Å². The number of ether oxygens (including phenoxy) is 2. The van der Waals surface area contributed by atoms with Gasteiger partial charge >= 0.3 is 11.8 Å². The normalized spacial score (nSPS) is 25.3. The van der Waals surface area contributed by atoms with E-state index in [9.17, 15) is 9.59 Å². The highest BCUT2D eigenvalue weighted by atomic mass is 16.7. The minimum atomic E-state index is -0.618. The molecule has 102 valence electrons. The van der Waals surface area contributed by atoms with Crippen LogP contribution < -0.4 is 10.6 Å². The van der Waals surface area contributed by atoms with Crippen molar-refractivity contribution < 1.29 is 19.1 Å². The van der Waals surface area contributed by atoms with Crippen LogP contribution in [-0.2, 0) is 19.1 Å². The SMILES string of the molecule is CCNC(=O)C(=O)NC[C@@H]1COC2(CCCC2)O1. The lowest BCUT2D eigenvalue weighted by Gasteiger charge is -2.21. The number of hydrogen-bond donors (Lipinski definition) is 2. The van der Waals surface area contributed by atoms with Crippen LogP contribution in [0.25, 0.3) is 0 Å². The second-order valence-corrected chi connectivity index (χ2v) is 4.74. The molecule has 1 saturated heterocycles. The number of carbonyl (C=O) groups excluding carboxylic acids is 2. The van der Waals surface area contributed by atoms with Gasteiger partial charge in [0.2, 0.25) is 0 Å². The molecule has 0 aromatic carbocycles. The van der Waals surface area contributed by atoms with Crippen LogP contribution in [0.4, 0.5) is 0 Å². The highest BCUT2D eigenvalue weighted by molar-refractivity contribution is 6.35. The summed E-state index contributed by atoms with van der Waals surface area (Å²) in [4.78, 5) is 22.6. The first kappa shape index (κ1) is 13.3. The van der Waals surface area contributed by atoms with Crippen LogP contribution >= 0.6 is 0 Å². The third kappa shape index (κ3) is 3.00. The van der Waals surface area contributed by atoms with Gasteiger partial charge in [0.1, 0.15) is 6.10 Å². The molecule has 2 amide bonds. The molecule has 1 spiro atoms. The van der Waals surface area contributed by atoms with Gasteiger partial charge in [-0.15, -0.1) is 0 Å². The summed E-state index contributed by atoms with van der Waals surface area (Å²) in [5.41, 5.74) is 0. The molecule has 6 heteroatoms. The van der Waals surface area contributed by atoms with E-state index in [1.807, 2.05) is 0 Å². The van der Waals surface area contributed by atoms with Crippen LogP contribution in [0.1, 0.15) is 32.6 Å². The predicted molar refractivity (Wildman–Crippen MR) is 63.7 cm³/mol. The largest absolute Gasteiger partial charge is 0.348 e. The molecule has 2 fully saturated rings. The summed E-state index contributed by atoms with van der Waals surface area (Å²) in [6, 6.07) is 0. The Bertz CT molecular complexity index is 326. The molecule has 1 heterocycles.